The molecule has 24 heavy (non-hydrogen) atoms. The Balaban J connectivity index is 1.79. The lowest BCUT2D eigenvalue weighted by Crippen LogP contribution is -2.24. The average Bonchev–Trinajstić information content (AvgIpc) is 3.05. The normalized spacial score (nSPS) is 16.3. The van der Waals surface area contributed by atoms with E-state index in [0.29, 0.717) is 5.56 Å². The van der Waals surface area contributed by atoms with Crippen molar-refractivity contribution in [3.8, 4) is 5.75 Å². The van der Waals surface area contributed by atoms with E-state index in [9.17, 15) is 4.39 Å². The van der Waals surface area contributed by atoms with Gasteiger partial charge in [-0.1, -0.05) is 12.1 Å². The first-order valence-electron chi connectivity index (χ1n) is 8.21. The van der Waals surface area contributed by atoms with Gasteiger partial charge in [0.05, 0.1) is 0 Å². The summed E-state index contributed by atoms with van der Waals surface area (Å²) in [5, 5.41) is 0. The largest absolute Gasteiger partial charge is 0.486 e. The van der Waals surface area contributed by atoms with E-state index in [1.54, 1.807) is 6.07 Å². The highest BCUT2D eigenvalue weighted by molar-refractivity contribution is 14.1. The number of benzene rings is 2. The van der Waals surface area contributed by atoms with Crippen LogP contribution in [0.15, 0.2) is 42.5 Å². The fourth-order valence-electron chi connectivity index (χ4n) is 3.05. The Labute approximate surface area is 170 Å². The van der Waals surface area contributed by atoms with Crippen LogP contribution in [0.1, 0.15) is 30.9 Å². The Hall–Kier alpha value is -0.410. The Morgan fingerprint density at radius 2 is 1.79 bits per heavy atom. The van der Waals surface area contributed by atoms with Gasteiger partial charge in [-0.3, -0.25) is 0 Å². The third kappa shape index (κ3) is 5.05. The Morgan fingerprint density at radius 1 is 1.04 bits per heavy atom. The van der Waals surface area contributed by atoms with Crippen molar-refractivity contribution in [2.24, 2.45) is 0 Å². The maximum atomic E-state index is 14.5. The fourth-order valence-corrected chi connectivity index (χ4v) is 4.02. The predicted molar refractivity (Wildman–Crippen MR) is 112 cm³/mol. The molecule has 1 unspecified atom stereocenters. The van der Waals surface area contributed by atoms with Gasteiger partial charge in [0.1, 0.15) is 17.7 Å². The van der Waals surface area contributed by atoms with Gasteiger partial charge in [0.15, 0.2) is 0 Å². The zero-order valence-electron chi connectivity index (χ0n) is 13.4. The van der Waals surface area contributed by atoms with Crippen LogP contribution in [-0.4, -0.2) is 24.5 Å². The van der Waals surface area contributed by atoms with Crippen molar-refractivity contribution < 1.29 is 9.13 Å². The van der Waals surface area contributed by atoms with Gasteiger partial charge in [-0.15, -0.1) is 0 Å². The van der Waals surface area contributed by atoms with Crippen molar-refractivity contribution in [3.05, 3.63) is 61.0 Å². The molecule has 128 valence electrons. The molecule has 1 fully saturated rings. The zero-order valence-corrected chi connectivity index (χ0v) is 17.7. The van der Waals surface area contributed by atoms with Gasteiger partial charge in [-0.25, -0.2) is 4.39 Å². The number of rotatable bonds is 6. The molecule has 1 aliphatic rings. The molecule has 0 N–H and O–H groups in total. The molecule has 0 spiro atoms. The summed E-state index contributed by atoms with van der Waals surface area (Å²) in [5.41, 5.74) is 0.647. The molecule has 1 aliphatic heterocycles. The van der Waals surface area contributed by atoms with Crippen LogP contribution in [0, 0.1) is 13.0 Å². The van der Waals surface area contributed by atoms with Crippen LogP contribution in [0.4, 0.5) is 4.39 Å². The van der Waals surface area contributed by atoms with Crippen LogP contribution in [-0.2, 0) is 0 Å². The molecule has 2 nitrogen and oxygen atoms in total. The number of hydrogen-bond acceptors (Lipinski definition) is 2. The van der Waals surface area contributed by atoms with Crippen LogP contribution in [0.25, 0.3) is 0 Å². The maximum absolute atomic E-state index is 14.5. The van der Waals surface area contributed by atoms with Gasteiger partial charge in [0.2, 0.25) is 0 Å². The minimum absolute atomic E-state index is 0.182. The lowest BCUT2D eigenvalue weighted by molar-refractivity contribution is 0.168. The van der Waals surface area contributed by atoms with Gasteiger partial charge in [0, 0.05) is 25.7 Å². The minimum Gasteiger partial charge on any atom is -0.486 e. The second-order valence-corrected chi connectivity index (χ2v) is 8.56. The summed E-state index contributed by atoms with van der Waals surface area (Å²) >= 11 is 4.40. The van der Waals surface area contributed by atoms with Gasteiger partial charge in [0.25, 0.3) is 0 Å². The standard InChI is InChI=1S/C19H20FI2NO/c20-18-13-15(22)6-7-17(18)19(8-11-23-9-1-2-10-23)24-16-5-3-4-14(21)12-16/h3-7,12-13,19H,1-2,8-11H2. The van der Waals surface area contributed by atoms with Crippen LogP contribution in [0.2, 0.25) is 0 Å². The summed E-state index contributed by atoms with van der Waals surface area (Å²) in [6, 6.07) is 13.3. The highest BCUT2D eigenvalue weighted by atomic mass is 127. The summed E-state index contributed by atoms with van der Waals surface area (Å²) < 4.78 is 22.7. The molecule has 1 heterocycles. The number of hydrogen-bond donors (Lipinski definition) is 0. The number of nitrogens with zero attached hydrogens (tertiary/aromatic N) is 1. The van der Waals surface area contributed by atoms with Crippen molar-refractivity contribution in [1.82, 2.24) is 4.90 Å². The minimum atomic E-state index is -0.263. The van der Waals surface area contributed by atoms with Crippen LogP contribution in [0.3, 0.4) is 0 Å². The molecule has 0 bridgehead atoms. The van der Waals surface area contributed by atoms with E-state index in [1.807, 2.05) is 36.4 Å². The fraction of sp³-hybridized carbons (Fsp3) is 0.368. The van der Waals surface area contributed by atoms with Crippen molar-refractivity contribution in [2.45, 2.75) is 25.4 Å². The van der Waals surface area contributed by atoms with Crippen LogP contribution in [0.5, 0.6) is 5.75 Å². The van der Waals surface area contributed by atoms with Gasteiger partial charge < -0.3 is 9.64 Å². The second-order valence-electron chi connectivity index (χ2n) is 6.07. The van der Waals surface area contributed by atoms with E-state index >= 15 is 0 Å². The average molecular weight is 551 g/mol. The maximum Gasteiger partial charge on any atom is 0.131 e. The Bertz CT molecular complexity index is 689. The summed E-state index contributed by atoms with van der Waals surface area (Å²) in [7, 11) is 0. The first-order chi connectivity index (χ1) is 11.6. The van der Waals surface area contributed by atoms with E-state index < -0.39 is 0 Å². The van der Waals surface area contributed by atoms with Crippen molar-refractivity contribution in [3.63, 3.8) is 0 Å². The SMILES string of the molecule is Fc1cc(I)ccc1C(CCN1CCCC1)Oc1cccc(I)c1. The first-order valence-corrected chi connectivity index (χ1v) is 10.4. The zero-order chi connectivity index (χ0) is 16.9. The molecule has 0 aliphatic carbocycles. The van der Waals surface area contributed by atoms with E-state index in [4.69, 9.17) is 4.74 Å². The number of ether oxygens (including phenoxy) is 1. The van der Waals surface area contributed by atoms with E-state index in [-0.39, 0.29) is 11.9 Å². The highest BCUT2D eigenvalue weighted by Crippen LogP contribution is 2.29. The van der Waals surface area contributed by atoms with E-state index in [1.165, 1.54) is 12.8 Å². The number of likely N-dealkylation sites (tertiary alicyclic amines) is 1. The molecular formula is C19H20FI2NO. The third-order valence-corrected chi connectivity index (χ3v) is 5.63. The molecule has 0 aromatic heterocycles. The molecule has 5 heteroatoms. The molecule has 0 radical (unpaired) electrons. The highest BCUT2D eigenvalue weighted by Gasteiger charge is 2.21. The molecule has 1 atom stereocenters. The Kier molecular flexibility index (Phi) is 6.74. The molecule has 2 aromatic rings. The molecule has 1 saturated heterocycles. The molecule has 3 rings (SSSR count). The molecule has 2 aromatic carbocycles. The smallest absolute Gasteiger partial charge is 0.131 e. The Morgan fingerprint density at radius 3 is 2.50 bits per heavy atom. The number of halogens is 3. The van der Waals surface area contributed by atoms with Crippen LogP contribution >= 0.6 is 45.2 Å². The molecular weight excluding hydrogens is 531 g/mol. The second kappa shape index (κ2) is 8.80. The van der Waals surface area contributed by atoms with Crippen molar-refractivity contribution in [2.75, 3.05) is 19.6 Å². The monoisotopic (exact) mass is 551 g/mol. The van der Waals surface area contributed by atoms with E-state index in [0.717, 1.165) is 38.9 Å². The lowest BCUT2D eigenvalue weighted by Gasteiger charge is -2.23. The van der Waals surface area contributed by atoms with Gasteiger partial charge >= 0.3 is 0 Å². The van der Waals surface area contributed by atoms with Crippen LogP contribution < -0.4 is 4.74 Å². The van der Waals surface area contributed by atoms with E-state index in [2.05, 4.69) is 50.1 Å². The summed E-state index contributed by atoms with van der Waals surface area (Å²) in [4.78, 5) is 2.44. The predicted octanol–water partition coefficient (Wildman–Crippen LogP) is 5.64. The summed E-state index contributed by atoms with van der Waals surface area (Å²) in [6.45, 7) is 3.23. The summed E-state index contributed by atoms with van der Waals surface area (Å²) in [5.74, 6) is 0.616. The molecule has 0 saturated carbocycles. The topological polar surface area (TPSA) is 12.5 Å². The third-order valence-electron chi connectivity index (χ3n) is 4.29. The van der Waals surface area contributed by atoms with Gasteiger partial charge in [-0.2, -0.15) is 0 Å². The van der Waals surface area contributed by atoms with Crippen molar-refractivity contribution in [1.29, 1.82) is 0 Å². The quantitative estimate of drug-likeness (QED) is 0.432. The molecule has 0 amide bonds. The lowest BCUT2D eigenvalue weighted by atomic mass is 10.1. The summed E-state index contributed by atoms with van der Waals surface area (Å²) in [6.07, 6.45) is 3.06. The first kappa shape index (κ1) is 18.4. The van der Waals surface area contributed by atoms with Crippen molar-refractivity contribution >= 4 is 45.2 Å². The van der Waals surface area contributed by atoms with Gasteiger partial charge in [-0.05, 0) is 101 Å².